The van der Waals surface area contributed by atoms with Gasteiger partial charge in [-0.05, 0) is 19.1 Å². The van der Waals surface area contributed by atoms with E-state index in [0.717, 1.165) is 23.3 Å². The van der Waals surface area contributed by atoms with Gasteiger partial charge in [0.25, 0.3) is 0 Å². The maximum Gasteiger partial charge on any atom is 0.416 e. The third-order valence-electron chi connectivity index (χ3n) is 2.27. The minimum Gasteiger partial charge on any atom is -0.361 e. The van der Waals surface area contributed by atoms with Crippen LogP contribution in [0.25, 0.3) is 0 Å². The van der Waals surface area contributed by atoms with E-state index < -0.39 is 11.7 Å². The number of hydrogen-bond donors (Lipinski definition) is 1. The fourth-order valence-corrected chi connectivity index (χ4v) is 2.06. The van der Waals surface area contributed by atoms with Crippen LogP contribution in [0.2, 0.25) is 0 Å². The predicted octanol–water partition coefficient (Wildman–Crippen LogP) is 3.73. The van der Waals surface area contributed by atoms with Crippen LogP contribution < -0.4 is 5.32 Å². The standard InChI is InChI=1S/C11H10F3N3S/c1-7(10-16-4-5-18-10)17-9-6-8(2-3-15-9)11(12,13)14/h2-7H,1H3,(H,15,17). The summed E-state index contributed by atoms with van der Waals surface area (Å²) >= 11 is 1.44. The molecule has 2 aromatic rings. The number of pyridine rings is 1. The summed E-state index contributed by atoms with van der Waals surface area (Å²) in [5.41, 5.74) is -0.716. The number of halogens is 3. The van der Waals surface area contributed by atoms with Crippen molar-refractivity contribution in [1.82, 2.24) is 9.97 Å². The van der Waals surface area contributed by atoms with Crippen LogP contribution in [0.15, 0.2) is 29.9 Å². The highest BCUT2D eigenvalue weighted by Crippen LogP contribution is 2.30. The summed E-state index contributed by atoms with van der Waals surface area (Å²) in [6.07, 6.45) is -1.57. The molecule has 18 heavy (non-hydrogen) atoms. The Hall–Kier alpha value is -1.63. The molecule has 1 N–H and O–H groups in total. The molecule has 0 amide bonds. The van der Waals surface area contributed by atoms with E-state index in [4.69, 9.17) is 0 Å². The van der Waals surface area contributed by atoms with Gasteiger partial charge in [-0.1, -0.05) is 0 Å². The zero-order chi connectivity index (χ0) is 13.2. The van der Waals surface area contributed by atoms with Gasteiger partial charge in [0, 0.05) is 17.8 Å². The molecule has 1 atom stereocenters. The second kappa shape index (κ2) is 4.93. The lowest BCUT2D eigenvalue weighted by Crippen LogP contribution is -2.10. The minimum absolute atomic E-state index is 0.180. The van der Waals surface area contributed by atoms with Gasteiger partial charge >= 0.3 is 6.18 Å². The molecule has 0 aliphatic carbocycles. The van der Waals surface area contributed by atoms with Gasteiger partial charge in [-0.2, -0.15) is 13.2 Å². The number of thiazole rings is 1. The van der Waals surface area contributed by atoms with Gasteiger partial charge in [0.2, 0.25) is 0 Å². The van der Waals surface area contributed by atoms with Crippen LogP contribution in [-0.4, -0.2) is 9.97 Å². The molecule has 96 valence electrons. The Morgan fingerprint density at radius 2 is 2.06 bits per heavy atom. The second-order valence-corrected chi connectivity index (χ2v) is 4.59. The Balaban J connectivity index is 2.15. The molecule has 0 fully saturated rings. The third kappa shape index (κ3) is 2.98. The summed E-state index contributed by atoms with van der Waals surface area (Å²) < 4.78 is 37.5. The van der Waals surface area contributed by atoms with E-state index in [1.54, 1.807) is 6.20 Å². The van der Waals surface area contributed by atoms with E-state index in [1.165, 1.54) is 11.3 Å². The van der Waals surface area contributed by atoms with E-state index in [-0.39, 0.29) is 11.9 Å². The van der Waals surface area contributed by atoms with Crippen molar-refractivity contribution in [2.75, 3.05) is 5.32 Å². The first-order chi connectivity index (χ1) is 8.47. The lowest BCUT2D eigenvalue weighted by molar-refractivity contribution is -0.137. The van der Waals surface area contributed by atoms with Crippen LogP contribution in [0.4, 0.5) is 19.0 Å². The largest absolute Gasteiger partial charge is 0.416 e. The molecule has 0 aliphatic rings. The van der Waals surface area contributed by atoms with Crippen molar-refractivity contribution < 1.29 is 13.2 Å². The number of hydrogen-bond acceptors (Lipinski definition) is 4. The molecule has 2 heterocycles. The molecule has 7 heteroatoms. The van der Waals surface area contributed by atoms with E-state index in [1.807, 2.05) is 12.3 Å². The maximum absolute atomic E-state index is 12.5. The minimum atomic E-state index is -4.36. The Morgan fingerprint density at radius 3 is 2.67 bits per heavy atom. The summed E-state index contributed by atoms with van der Waals surface area (Å²) in [5.74, 6) is 0.188. The smallest absolute Gasteiger partial charge is 0.361 e. The second-order valence-electron chi connectivity index (χ2n) is 3.66. The van der Waals surface area contributed by atoms with Crippen molar-refractivity contribution in [3.05, 3.63) is 40.5 Å². The van der Waals surface area contributed by atoms with Crippen LogP contribution in [0.5, 0.6) is 0 Å². The van der Waals surface area contributed by atoms with Crippen LogP contribution >= 0.6 is 11.3 Å². The van der Waals surface area contributed by atoms with Crippen molar-refractivity contribution in [1.29, 1.82) is 0 Å². The van der Waals surface area contributed by atoms with Gasteiger partial charge in [0.05, 0.1) is 11.6 Å². The van der Waals surface area contributed by atoms with Gasteiger partial charge in [-0.3, -0.25) is 0 Å². The maximum atomic E-state index is 12.5. The molecular weight excluding hydrogens is 263 g/mol. The highest BCUT2D eigenvalue weighted by Gasteiger charge is 2.30. The van der Waals surface area contributed by atoms with Crippen molar-refractivity contribution >= 4 is 17.2 Å². The highest BCUT2D eigenvalue weighted by atomic mass is 32.1. The molecule has 0 spiro atoms. The number of nitrogens with one attached hydrogen (secondary N) is 1. The molecule has 2 rings (SSSR count). The molecule has 1 unspecified atom stereocenters. The summed E-state index contributed by atoms with van der Waals surface area (Å²) in [5, 5.41) is 5.51. The Morgan fingerprint density at radius 1 is 1.28 bits per heavy atom. The fraction of sp³-hybridized carbons (Fsp3) is 0.273. The average Bonchev–Trinajstić information content (AvgIpc) is 2.81. The summed E-state index contributed by atoms with van der Waals surface area (Å²) in [7, 11) is 0. The van der Waals surface area contributed by atoms with Gasteiger partial charge in [0.15, 0.2) is 0 Å². The van der Waals surface area contributed by atoms with E-state index >= 15 is 0 Å². The zero-order valence-electron chi connectivity index (χ0n) is 9.40. The summed E-state index contributed by atoms with van der Waals surface area (Å²) in [6.45, 7) is 1.82. The average molecular weight is 273 g/mol. The topological polar surface area (TPSA) is 37.8 Å². The molecule has 3 nitrogen and oxygen atoms in total. The van der Waals surface area contributed by atoms with E-state index in [2.05, 4.69) is 15.3 Å². The quantitative estimate of drug-likeness (QED) is 0.926. The highest BCUT2D eigenvalue weighted by molar-refractivity contribution is 7.09. The van der Waals surface area contributed by atoms with Crippen molar-refractivity contribution in [2.45, 2.75) is 19.1 Å². The van der Waals surface area contributed by atoms with E-state index in [0.29, 0.717) is 0 Å². The first kappa shape index (κ1) is 12.8. The summed E-state index contributed by atoms with van der Waals surface area (Å²) in [6, 6.07) is 1.75. The van der Waals surface area contributed by atoms with Gasteiger partial charge < -0.3 is 5.32 Å². The van der Waals surface area contributed by atoms with Gasteiger partial charge in [0.1, 0.15) is 10.8 Å². The number of aromatic nitrogens is 2. The Kier molecular flexibility index (Phi) is 3.51. The van der Waals surface area contributed by atoms with Crippen molar-refractivity contribution in [3.8, 4) is 0 Å². The summed E-state index contributed by atoms with van der Waals surface area (Å²) in [4.78, 5) is 7.96. The molecule has 0 aliphatic heterocycles. The number of rotatable bonds is 3. The lowest BCUT2D eigenvalue weighted by atomic mass is 10.2. The monoisotopic (exact) mass is 273 g/mol. The number of nitrogens with zero attached hydrogens (tertiary/aromatic N) is 2. The third-order valence-corrected chi connectivity index (χ3v) is 3.23. The molecule has 0 bridgehead atoms. The van der Waals surface area contributed by atoms with Crippen LogP contribution in [0.3, 0.4) is 0 Å². The SMILES string of the molecule is CC(Nc1cc(C(F)(F)F)ccn1)c1nccs1. The molecule has 2 aromatic heterocycles. The van der Waals surface area contributed by atoms with Crippen molar-refractivity contribution in [2.24, 2.45) is 0 Å². The lowest BCUT2D eigenvalue weighted by Gasteiger charge is -2.13. The number of alkyl halides is 3. The van der Waals surface area contributed by atoms with Crippen LogP contribution in [-0.2, 0) is 6.18 Å². The molecule has 0 saturated carbocycles. The molecule has 0 saturated heterocycles. The molecular formula is C11H10F3N3S. The van der Waals surface area contributed by atoms with Gasteiger partial charge in [-0.25, -0.2) is 9.97 Å². The normalized spacial score (nSPS) is 13.3. The van der Waals surface area contributed by atoms with E-state index in [9.17, 15) is 13.2 Å². The van der Waals surface area contributed by atoms with Crippen LogP contribution in [0, 0.1) is 0 Å². The van der Waals surface area contributed by atoms with Crippen LogP contribution in [0.1, 0.15) is 23.5 Å². The molecule has 0 aromatic carbocycles. The van der Waals surface area contributed by atoms with Gasteiger partial charge in [-0.15, -0.1) is 11.3 Å². The predicted molar refractivity (Wildman–Crippen MR) is 63.4 cm³/mol. The zero-order valence-corrected chi connectivity index (χ0v) is 10.2. The molecule has 0 radical (unpaired) electrons. The first-order valence-electron chi connectivity index (χ1n) is 5.16. The first-order valence-corrected chi connectivity index (χ1v) is 6.04. The Bertz CT molecular complexity index is 511. The Labute approximate surface area is 106 Å². The van der Waals surface area contributed by atoms with Crippen molar-refractivity contribution in [3.63, 3.8) is 0 Å². The fourth-order valence-electron chi connectivity index (χ4n) is 1.42. The number of anilines is 1.